The van der Waals surface area contributed by atoms with Gasteiger partial charge >= 0.3 is 0 Å². The van der Waals surface area contributed by atoms with Gasteiger partial charge in [0, 0.05) is 0 Å². The first-order valence-corrected chi connectivity index (χ1v) is 16.5. The van der Waals surface area contributed by atoms with Crippen molar-refractivity contribution in [3.05, 3.63) is 108 Å². The Labute approximate surface area is 233 Å². The SMILES string of the molecule is CC(C)(C)[Si](C)(C)O[C@H]1NC(=O)[C@H](OCc2ccccc2)[C@@H](OCc2ccccc2)[C@@H]1OCc1ccccc1. The lowest BCUT2D eigenvalue weighted by molar-refractivity contribution is -0.205. The Morgan fingerprint density at radius 2 is 1.08 bits per heavy atom. The summed E-state index contributed by atoms with van der Waals surface area (Å²) in [6, 6.07) is 29.8. The molecule has 1 aliphatic rings. The molecular weight excluding hydrogens is 506 g/mol. The van der Waals surface area contributed by atoms with Gasteiger partial charge in [-0.15, -0.1) is 0 Å². The minimum absolute atomic E-state index is 0.0528. The fraction of sp³-hybridized carbons (Fsp3) is 0.406. The van der Waals surface area contributed by atoms with E-state index in [1.807, 2.05) is 91.0 Å². The first-order valence-electron chi connectivity index (χ1n) is 13.6. The Morgan fingerprint density at radius 3 is 1.51 bits per heavy atom. The van der Waals surface area contributed by atoms with Crippen LogP contribution in [0.2, 0.25) is 18.1 Å². The standard InChI is InChI=1S/C32H41NO5Si/c1-32(2,3)39(4,5)38-31-29(37-23-26-19-13-8-14-20-26)27(35-21-24-15-9-6-10-16-24)28(30(34)33-31)36-22-25-17-11-7-12-18-25/h6-20,27-29,31H,21-23H2,1-5H3,(H,33,34)/t27-,28-,29+,31-/m1/s1. The molecule has 0 radical (unpaired) electrons. The van der Waals surface area contributed by atoms with E-state index in [0.717, 1.165) is 16.7 Å². The van der Waals surface area contributed by atoms with Crippen LogP contribution in [0.5, 0.6) is 0 Å². The maximum Gasteiger partial charge on any atom is 0.254 e. The summed E-state index contributed by atoms with van der Waals surface area (Å²) >= 11 is 0. The zero-order chi connectivity index (χ0) is 27.9. The molecule has 3 aromatic carbocycles. The molecule has 4 atom stereocenters. The van der Waals surface area contributed by atoms with Crippen molar-refractivity contribution in [1.29, 1.82) is 0 Å². The Morgan fingerprint density at radius 1 is 0.667 bits per heavy atom. The van der Waals surface area contributed by atoms with E-state index in [9.17, 15) is 4.79 Å². The second-order valence-corrected chi connectivity index (χ2v) is 16.3. The van der Waals surface area contributed by atoms with Crippen molar-refractivity contribution in [1.82, 2.24) is 5.32 Å². The predicted octanol–water partition coefficient (Wildman–Crippen LogP) is 6.22. The van der Waals surface area contributed by atoms with Crippen molar-refractivity contribution in [2.75, 3.05) is 0 Å². The van der Waals surface area contributed by atoms with Crippen LogP contribution in [0.1, 0.15) is 37.5 Å². The van der Waals surface area contributed by atoms with Gasteiger partial charge in [0.1, 0.15) is 18.4 Å². The molecule has 7 heteroatoms. The van der Waals surface area contributed by atoms with E-state index in [1.165, 1.54) is 0 Å². The number of carbonyl (C=O) groups excluding carboxylic acids is 1. The molecule has 0 aliphatic carbocycles. The van der Waals surface area contributed by atoms with Crippen LogP contribution in [0.15, 0.2) is 91.0 Å². The molecule has 0 saturated carbocycles. The van der Waals surface area contributed by atoms with Gasteiger partial charge in [0.25, 0.3) is 5.91 Å². The quantitative estimate of drug-likeness (QED) is 0.289. The molecule has 1 N–H and O–H groups in total. The zero-order valence-electron chi connectivity index (χ0n) is 23.6. The van der Waals surface area contributed by atoms with Crippen molar-refractivity contribution < 1.29 is 23.4 Å². The molecule has 6 nitrogen and oxygen atoms in total. The summed E-state index contributed by atoms with van der Waals surface area (Å²) in [5, 5.41) is 3.04. The van der Waals surface area contributed by atoms with E-state index < -0.39 is 32.9 Å². The highest BCUT2D eigenvalue weighted by atomic mass is 28.4. The molecule has 1 aliphatic heterocycles. The molecule has 0 unspecified atom stereocenters. The van der Waals surface area contributed by atoms with E-state index >= 15 is 0 Å². The Hall–Kier alpha value is -2.81. The van der Waals surface area contributed by atoms with Crippen molar-refractivity contribution in [2.45, 2.75) is 83.3 Å². The topological polar surface area (TPSA) is 66.0 Å². The van der Waals surface area contributed by atoms with Crippen molar-refractivity contribution in [3.63, 3.8) is 0 Å². The van der Waals surface area contributed by atoms with Gasteiger partial charge in [-0.05, 0) is 34.8 Å². The van der Waals surface area contributed by atoms with Crippen LogP contribution in [0, 0.1) is 0 Å². The van der Waals surface area contributed by atoms with Crippen molar-refractivity contribution in [2.24, 2.45) is 0 Å². The number of amides is 1. The summed E-state index contributed by atoms with van der Waals surface area (Å²) < 4.78 is 26.0. The van der Waals surface area contributed by atoms with Crippen LogP contribution in [0.25, 0.3) is 0 Å². The smallest absolute Gasteiger partial charge is 0.254 e. The maximum absolute atomic E-state index is 13.6. The van der Waals surface area contributed by atoms with Gasteiger partial charge in [-0.25, -0.2) is 0 Å². The molecule has 1 amide bonds. The minimum atomic E-state index is -2.27. The number of hydrogen-bond acceptors (Lipinski definition) is 5. The maximum atomic E-state index is 13.6. The number of hydrogen-bond donors (Lipinski definition) is 1. The van der Waals surface area contributed by atoms with Gasteiger partial charge in [0.2, 0.25) is 0 Å². The monoisotopic (exact) mass is 547 g/mol. The van der Waals surface area contributed by atoms with E-state index in [4.69, 9.17) is 18.6 Å². The van der Waals surface area contributed by atoms with Gasteiger partial charge in [-0.2, -0.15) is 0 Å². The highest BCUT2D eigenvalue weighted by Gasteiger charge is 2.50. The van der Waals surface area contributed by atoms with E-state index in [-0.39, 0.29) is 17.6 Å². The third-order valence-electron chi connectivity index (χ3n) is 7.53. The van der Waals surface area contributed by atoms with E-state index in [0.29, 0.717) is 13.2 Å². The highest BCUT2D eigenvalue weighted by molar-refractivity contribution is 6.74. The predicted molar refractivity (Wildman–Crippen MR) is 155 cm³/mol. The fourth-order valence-electron chi connectivity index (χ4n) is 4.22. The average Bonchev–Trinajstić information content (AvgIpc) is 2.91. The number of rotatable bonds is 11. The van der Waals surface area contributed by atoms with E-state index in [2.05, 4.69) is 39.2 Å². The van der Waals surface area contributed by atoms with Crippen molar-refractivity contribution >= 4 is 14.2 Å². The van der Waals surface area contributed by atoms with Crippen LogP contribution >= 0.6 is 0 Å². The third kappa shape index (κ3) is 7.87. The number of nitrogens with one attached hydrogen (secondary N) is 1. The lowest BCUT2D eigenvalue weighted by Gasteiger charge is -2.46. The molecule has 1 fully saturated rings. The van der Waals surface area contributed by atoms with E-state index in [1.54, 1.807) is 0 Å². The Bertz CT molecular complexity index is 1170. The normalized spacial score (nSPS) is 21.9. The summed E-state index contributed by atoms with van der Waals surface area (Å²) in [7, 11) is -2.27. The first kappa shape index (κ1) is 29.2. The molecule has 3 aromatic rings. The first-order chi connectivity index (χ1) is 18.6. The number of benzene rings is 3. The van der Waals surface area contributed by atoms with Crippen molar-refractivity contribution in [3.8, 4) is 0 Å². The Kier molecular flexibility index (Phi) is 9.75. The fourth-order valence-corrected chi connectivity index (χ4v) is 5.40. The molecule has 0 spiro atoms. The molecule has 4 rings (SSSR count). The summed E-state index contributed by atoms with van der Waals surface area (Å²) in [6.45, 7) is 11.8. The van der Waals surface area contributed by atoms with Gasteiger partial charge in [-0.3, -0.25) is 4.79 Å². The Balaban J connectivity index is 1.63. The second-order valence-electron chi connectivity index (χ2n) is 11.5. The number of carbonyl (C=O) groups is 1. The third-order valence-corrected chi connectivity index (χ3v) is 12.0. The number of ether oxygens (including phenoxy) is 3. The molecule has 208 valence electrons. The molecule has 1 heterocycles. The van der Waals surface area contributed by atoms with Crippen LogP contribution in [0.3, 0.4) is 0 Å². The molecule has 0 bridgehead atoms. The molecule has 0 aromatic heterocycles. The zero-order valence-corrected chi connectivity index (χ0v) is 24.6. The van der Waals surface area contributed by atoms with Gasteiger partial charge in [-0.1, -0.05) is 112 Å². The summed E-state index contributed by atoms with van der Waals surface area (Å²) in [5.74, 6) is -0.257. The summed E-state index contributed by atoms with van der Waals surface area (Å²) in [6.07, 6.45) is -2.80. The van der Waals surface area contributed by atoms with Crippen LogP contribution in [-0.4, -0.2) is 38.8 Å². The average molecular weight is 548 g/mol. The second kappa shape index (κ2) is 13.0. The molecular formula is C32H41NO5Si. The summed E-state index contributed by atoms with van der Waals surface area (Å²) in [4.78, 5) is 13.6. The lowest BCUT2D eigenvalue weighted by Crippen LogP contribution is -2.67. The van der Waals surface area contributed by atoms with Crippen LogP contribution < -0.4 is 5.32 Å². The van der Waals surface area contributed by atoms with Crippen LogP contribution in [-0.2, 0) is 43.3 Å². The number of piperidine rings is 1. The van der Waals surface area contributed by atoms with Gasteiger partial charge in [0.05, 0.1) is 19.8 Å². The lowest BCUT2D eigenvalue weighted by atomic mass is 10.00. The summed E-state index contributed by atoms with van der Waals surface area (Å²) in [5.41, 5.74) is 3.02. The molecule has 39 heavy (non-hydrogen) atoms. The van der Waals surface area contributed by atoms with Crippen LogP contribution in [0.4, 0.5) is 0 Å². The van der Waals surface area contributed by atoms with Gasteiger partial charge in [0.15, 0.2) is 14.4 Å². The van der Waals surface area contributed by atoms with Gasteiger partial charge < -0.3 is 24.0 Å². The highest BCUT2D eigenvalue weighted by Crippen LogP contribution is 2.38. The minimum Gasteiger partial charge on any atom is -0.395 e. The largest absolute Gasteiger partial charge is 0.395 e. The molecule has 1 saturated heterocycles.